The number of ether oxygens (including phenoxy) is 2. The molecule has 0 unspecified atom stereocenters. The molecule has 0 bridgehead atoms. The molecular weight excluding hydrogens is 190 g/mol. The lowest BCUT2D eigenvalue weighted by atomic mass is 9.72. The summed E-state index contributed by atoms with van der Waals surface area (Å²) in [4.78, 5) is 0. The first-order valence-corrected chi connectivity index (χ1v) is 5.39. The quantitative estimate of drug-likeness (QED) is 0.763. The average molecular weight is 205 g/mol. The SMILES string of the molecule is Cc1cc2c(c(C3(N)CCC3)c1)OCO2. The van der Waals surface area contributed by atoms with E-state index in [4.69, 9.17) is 15.2 Å². The van der Waals surface area contributed by atoms with Crippen LogP contribution in [0.2, 0.25) is 0 Å². The molecule has 3 nitrogen and oxygen atoms in total. The molecular formula is C12H15NO2. The highest BCUT2D eigenvalue weighted by molar-refractivity contribution is 5.54. The largest absolute Gasteiger partial charge is 0.454 e. The van der Waals surface area contributed by atoms with Gasteiger partial charge in [0.1, 0.15) is 0 Å². The third kappa shape index (κ3) is 1.23. The van der Waals surface area contributed by atoms with Crippen molar-refractivity contribution < 1.29 is 9.47 Å². The Morgan fingerprint density at radius 1 is 1.27 bits per heavy atom. The van der Waals surface area contributed by atoms with Crippen molar-refractivity contribution in [1.29, 1.82) is 0 Å². The fraction of sp³-hybridized carbons (Fsp3) is 0.500. The molecule has 0 saturated heterocycles. The van der Waals surface area contributed by atoms with Gasteiger partial charge < -0.3 is 15.2 Å². The van der Waals surface area contributed by atoms with Gasteiger partial charge in [0.05, 0.1) is 0 Å². The van der Waals surface area contributed by atoms with Crippen LogP contribution in [-0.4, -0.2) is 6.79 Å². The van der Waals surface area contributed by atoms with Gasteiger partial charge in [-0.1, -0.05) is 6.07 Å². The Kier molecular flexibility index (Phi) is 1.74. The van der Waals surface area contributed by atoms with Gasteiger partial charge in [-0.2, -0.15) is 0 Å². The molecule has 0 aromatic heterocycles. The summed E-state index contributed by atoms with van der Waals surface area (Å²) >= 11 is 0. The fourth-order valence-electron chi connectivity index (χ4n) is 2.34. The Balaban J connectivity index is 2.14. The number of aryl methyl sites for hydroxylation is 1. The zero-order valence-corrected chi connectivity index (χ0v) is 8.88. The van der Waals surface area contributed by atoms with Crippen LogP contribution in [0, 0.1) is 6.92 Å². The van der Waals surface area contributed by atoms with E-state index in [2.05, 4.69) is 13.0 Å². The first-order valence-electron chi connectivity index (χ1n) is 5.39. The van der Waals surface area contributed by atoms with Gasteiger partial charge in [-0.15, -0.1) is 0 Å². The minimum absolute atomic E-state index is 0.177. The summed E-state index contributed by atoms with van der Waals surface area (Å²) in [5, 5.41) is 0. The molecule has 1 aromatic rings. The smallest absolute Gasteiger partial charge is 0.231 e. The summed E-state index contributed by atoms with van der Waals surface area (Å²) in [5.41, 5.74) is 8.47. The fourth-order valence-corrected chi connectivity index (χ4v) is 2.34. The van der Waals surface area contributed by atoms with Crippen LogP contribution in [0.1, 0.15) is 30.4 Å². The topological polar surface area (TPSA) is 44.5 Å². The van der Waals surface area contributed by atoms with Crippen molar-refractivity contribution in [3.63, 3.8) is 0 Å². The highest BCUT2D eigenvalue weighted by atomic mass is 16.7. The predicted molar refractivity (Wildman–Crippen MR) is 57.0 cm³/mol. The maximum Gasteiger partial charge on any atom is 0.231 e. The Bertz CT molecular complexity index is 410. The number of fused-ring (bicyclic) bond motifs is 1. The number of hydrogen-bond donors (Lipinski definition) is 1. The molecule has 2 N–H and O–H groups in total. The van der Waals surface area contributed by atoms with Crippen LogP contribution in [0.4, 0.5) is 0 Å². The van der Waals surface area contributed by atoms with Gasteiger partial charge in [0.25, 0.3) is 0 Å². The average Bonchev–Trinajstić information content (AvgIpc) is 2.60. The molecule has 3 heteroatoms. The number of hydrogen-bond acceptors (Lipinski definition) is 3. The highest BCUT2D eigenvalue weighted by Crippen LogP contribution is 2.48. The van der Waals surface area contributed by atoms with Gasteiger partial charge >= 0.3 is 0 Å². The number of rotatable bonds is 1. The third-order valence-electron chi connectivity index (χ3n) is 3.40. The summed E-state index contributed by atoms with van der Waals surface area (Å²) < 4.78 is 10.9. The van der Waals surface area contributed by atoms with E-state index in [0.717, 1.165) is 29.9 Å². The maximum absolute atomic E-state index is 6.33. The molecule has 0 spiro atoms. The molecule has 80 valence electrons. The van der Waals surface area contributed by atoms with Crippen LogP contribution in [-0.2, 0) is 5.54 Å². The van der Waals surface area contributed by atoms with E-state index >= 15 is 0 Å². The van der Waals surface area contributed by atoms with Crippen LogP contribution in [0.5, 0.6) is 11.5 Å². The van der Waals surface area contributed by atoms with Gasteiger partial charge in [0.15, 0.2) is 11.5 Å². The zero-order chi connectivity index (χ0) is 10.5. The molecule has 15 heavy (non-hydrogen) atoms. The van der Waals surface area contributed by atoms with E-state index in [0.29, 0.717) is 6.79 Å². The van der Waals surface area contributed by atoms with Gasteiger partial charge in [-0.25, -0.2) is 0 Å². The van der Waals surface area contributed by atoms with Crippen LogP contribution < -0.4 is 15.2 Å². The van der Waals surface area contributed by atoms with E-state index in [1.54, 1.807) is 0 Å². The van der Waals surface area contributed by atoms with Crippen molar-refractivity contribution in [3.8, 4) is 11.5 Å². The van der Waals surface area contributed by atoms with Crippen molar-refractivity contribution in [3.05, 3.63) is 23.3 Å². The molecule has 0 atom stereocenters. The summed E-state index contributed by atoms with van der Waals surface area (Å²) in [6.45, 7) is 2.38. The van der Waals surface area contributed by atoms with Crippen molar-refractivity contribution in [2.24, 2.45) is 5.73 Å². The highest BCUT2D eigenvalue weighted by Gasteiger charge is 2.39. The van der Waals surface area contributed by atoms with E-state index in [9.17, 15) is 0 Å². The molecule has 1 aliphatic heterocycles. The van der Waals surface area contributed by atoms with E-state index in [1.165, 1.54) is 12.0 Å². The lowest BCUT2D eigenvalue weighted by molar-refractivity contribution is 0.168. The first-order chi connectivity index (χ1) is 7.19. The molecule has 1 aromatic carbocycles. The number of benzene rings is 1. The lowest BCUT2D eigenvalue weighted by Gasteiger charge is -2.39. The minimum atomic E-state index is -0.177. The van der Waals surface area contributed by atoms with Crippen molar-refractivity contribution in [2.45, 2.75) is 31.7 Å². The van der Waals surface area contributed by atoms with Crippen molar-refractivity contribution in [1.82, 2.24) is 0 Å². The van der Waals surface area contributed by atoms with Crippen LogP contribution in [0.25, 0.3) is 0 Å². The summed E-state index contributed by atoms with van der Waals surface area (Å²) in [6.07, 6.45) is 3.30. The van der Waals surface area contributed by atoms with Crippen LogP contribution in [0.15, 0.2) is 12.1 Å². The second-order valence-corrected chi connectivity index (χ2v) is 4.56. The molecule has 1 saturated carbocycles. The molecule has 1 heterocycles. The minimum Gasteiger partial charge on any atom is -0.454 e. The van der Waals surface area contributed by atoms with Gasteiger partial charge in [0.2, 0.25) is 6.79 Å². The molecule has 1 aliphatic carbocycles. The summed E-state index contributed by atoms with van der Waals surface area (Å²) in [6, 6.07) is 4.14. The monoisotopic (exact) mass is 205 g/mol. The predicted octanol–water partition coefficient (Wildman–Crippen LogP) is 2.06. The van der Waals surface area contributed by atoms with Gasteiger partial charge in [-0.05, 0) is 37.8 Å². The lowest BCUT2D eigenvalue weighted by Crippen LogP contribution is -2.43. The molecule has 2 aliphatic rings. The second kappa shape index (κ2) is 2.89. The van der Waals surface area contributed by atoms with Crippen molar-refractivity contribution in [2.75, 3.05) is 6.79 Å². The Morgan fingerprint density at radius 3 is 2.73 bits per heavy atom. The molecule has 3 rings (SSSR count). The maximum atomic E-state index is 6.33. The third-order valence-corrected chi connectivity index (χ3v) is 3.40. The first kappa shape index (κ1) is 9.04. The Labute approximate surface area is 89.2 Å². The normalized spacial score (nSPS) is 21.2. The van der Waals surface area contributed by atoms with Gasteiger partial charge in [0, 0.05) is 11.1 Å². The van der Waals surface area contributed by atoms with Crippen LogP contribution >= 0.6 is 0 Å². The van der Waals surface area contributed by atoms with E-state index < -0.39 is 0 Å². The van der Waals surface area contributed by atoms with E-state index in [1.807, 2.05) is 6.07 Å². The molecule has 0 radical (unpaired) electrons. The molecule has 0 amide bonds. The van der Waals surface area contributed by atoms with Crippen molar-refractivity contribution >= 4 is 0 Å². The zero-order valence-electron chi connectivity index (χ0n) is 8.88. The van der Waals surface area contributed by atoms with Crippen LogP contribution in [0.3, 0.4) is 0 Å². The summed E-state index contributed by atoms with van der Waals surface area (Å²) in [7, 11) is 0. The Hall–Kier alpha value is -1.22. The standard InChI is InChI=1S/C12H15NO2/c1-8-5-9(12(13)3-2-4-12)11-10(6-8)14-7-15-11/h5-6H,2-4,7,13H2,1H3. The van der Waals surface area contributed by atoms with E-state index in [-0.39, 0.29) is 5.54 Å². The molecule has 1 fully saturated rings. The Morgan fingerprint density at radius 2 is 2.07 bits per heavy atom. The number of nitrogens with two attached hydrogens (primary N) is 1. The summed E-state index contributed by atoms with van der Waals surface area (Å²) in [5.74, 6) is 1.71. The van der Waals surface area contributed by atoms with Gasteiger partial charge in [-0.3, -0.25) is 0 Å². The second-order valence-electron chi connectivity index (χ2n) is 4.56.